The van der Waals surface area contributed by atoms with Crippen molar-refractivity contribution in [2.75, 3.05) is 38.7 Å². The summed E-state index contributed by atoms with van der Waals surface area (Å²) in [6.07, 6.45) is 1.42. The van der Waals surface area contributed by atoms with Crippen LogP contribution in [-0.4, -0.2) is 43.3 Å². The molecule has 1 aromatic rings. The first-order valence-electron chi connectivity index (χ1n) is 5.28. The third-order valence-electron chi connectivity index (χ3n) is 2.05. The molecule has 1 heterocycles. The normalized spacial score (nSPS) is 10.2. The number of nitro groups is 1. The Balaban J connectivity index is 2.27. The quantitative estimate of drug-likeness (QED) is 0.394. The molecule has 94 valence electrons. The van der Waals surface area contributed by atoms with Crippen molar-refractivity contribution in [3.05, 3.63) is 28.4 Å². The maximum atomic E-state index is 10.5. The molecular formula is C10H16N4O3. The second kappa shape index (κ2) is 7.53. The average Bonchev–Trinajstić information content (AvgIpc) is 2.34. The maximum Gasteiger partial charge on any atom is 0.274 e. The van der Waals surface area contributed by atoms with Crippen LogP contribution in [0.3, 0.4) is 0 Å². The van der Waals surface area contributed by atoms with Gasteiger partial charge in [0, 0.05) is 39.0 Å². The van der Waals surface area contributed by atoms with Crippen molar-refractivity contribution in [2.45, 2.75) is 0 Å². The summed E-state index contributed by atoms with van der Waals surface area (Å²) in [5, 5.41) is 16.7. The smallest absolute Gasteiger partial charge is 0.274 e. The number of hydrogen-bond donors (Lipinski definition) is 2. The van der Waals surface area contributed by atoms with E-state index < -0.39 is 4.92 Å². The molecule has 0 bridgehead atoms. The average molecular weight is 240 g/mol. The summed E-state index contributed by atoms with van der Waals surface area (Å²) in [5.74, 6) is 0.507. The van der Waals surface area contributed by atoms with E-state index in [0.717, 1.165) is 13.1 Å². The Hall–Kier alpha value is -1.73. The highest BCUT2D eigenvalue weighted by molar-refractivity contribution is 5.44. The van der Waals surface area contributed by atoms with Gasteiger partial charge in [-0.1, -0.05) is 0 Å². The van der Waals surface area contributed by atoms with Crippen LogP contribution in [-0.2, 0) is 4.74 Å². The summed E-state index contributed by atoms with van der Waals surface area (Å²) in [7, 11) is 1.65. The lowest BCUT2D eigenvalue weighted by atomic mass is 10.4. The van der Waals surface area contributed by atoms with E-state index in [1.54, 1.807) is 7.11 Å². The lowest BCUT2D eigenvalue weighted by Gasteiger charge is -2.06. The highest BCUT2D eigenvalue weighted by Gasteiger charge is 2.05. The Morgan fingerprint density at radius 2 is 2.29 bits per heavy atom. The summed E-state index contributed by atoms with van der Waals surface area (Å²) in [4.78, 5) is 14.1. The number of aromatic nitrogens is 1. The van der Waals surface area contributed by atoms with Crippen LogP contribution >= 0.6 is 0 Å². The molecule has 0 radical (unpaired) electrons. The number of hydrogen-bond acceptors (Lipinski definition) is 6. The fourth-order valence-corrected chi connectivity index (χ4v) is 1.21. The second-order valence-electron chi connectivity index (χ2n) is 3.33. The van der Waals surface area contributed by atoms with Crippen molar-refractivity contribution in [3.63, 3.8) is 0 Å². The Labute approximate surface area is 99.3 Å². The van der Waals surface area contributed by atoms with Gasteiger partial charge in [0.05, 0.1) is 17.6 Å². The van der Waals surface area contributed by atoms with Crippen LogP contribution in [0.15, 0.2) is 18.3 Å². The fraction of sp³-hybridized carbons (Fsp3) is 0.500. The molecule has 0 aliphatic carbocycles. The molecule has 7 heteroatoms. The van der Waals surface area contributed by atoms with Crippen LogP contribution in [0.2, 0.25) is 0 Å². The zero-order valence-corrected chi connectivity index (χ0v) is 9.68. The summed E-state index contributed by atoms with van der Waals surface area (Å²) in [5.41, 5.74) is 0.0369. The lowest BCUT2D eigenvalue weighted by molar-refractivity contribution is -0.384. The van der Waals surface area contributed by atoms with Gasteiger partial charge in [-0.25, -0.2) is 4.98 Å². The van der Waals surface area contributed by atoms with Gasteiger partial charge < -0.3 is 15.4 Å². The van der Waals surface area contributed by atoms with Crippen molar-refractivity contribution in [3.8, 4) is 0 Å². The highest BCUT2D eigenvalue weighted by Crippen LogP contribution is 2.13. The largest absolute Gasteiger partial charge is 0.383 e. The van der Waals surface area contributed by atoms with Crippen molar-refractivity contribution < 1.29 is 9.66 Å². The van der Waals surface area contributed by atoms with E-state index in [-0.39, 0.29) is 5.69 Å². The van der Waals surface area contributed by atoms with Gasteiger partial charge in [-0.15, -0.1) is 0 Å². The second-order valence-corrected chi connectivity index (χ2v) is 3.33. The van der Waals surface area contributed by atoms with Gasteiger partial charge in [0.1, 0.15) is 5.82 Å². The first-order chi connectivity index (χ1) is 8.24. The monoisotopic (exact) mass is 240 g/mol. The van der Waals surface area contributed by atoms with Crippen molar-refractivity contribution >= 4 is 11.5 Å². The molecule has 2 N–H and O–H groups in total. The molecule has 0 saturated heterocycles. The Morgan fingerprint density at radius 1 is 1.47 bits per heavy atom. The molecule has 0 aliphatic heterocycles. The van der Waals surface area contributed by atoms with Gasteiger partial charge in [0.15, 0.2) is 0 Å². The third-order valence-corrected chi connectivity index (χ3v) is 2.05. The van der Waals surface area contributed by atoms with Crippen molar-refractivity contribution in [2.24, 2.45) is 0 Å². The van der Waals surface area contributed by atoms with Crippen molar-refractivity contribution in [1.82, 2.24) is 10.3 Å². The zero-order valence-electron chi connectivity index (χ0n) is 9.68. The van der Waals surface area contributed by atoms with Crippen LogP contribution < -0.4 is 10.6 Å². The van der Waals surface area contributed by atoms with Crippen LogP contribution in [0, 0.1) is 10.1 Å². The molecular weight excluding hydrogens is 224 g/mol. The number of pyridine rings is 1. The van der Waals surface area contributed by atoms with E-state index in [2.05, 4.69) is 15.6 Å². The van der Waals surface area contributed by atoms with E-state index in [0.29, 0.717) is 19.0 Å². The maximum absolute atomic E-state index is 10.5. The molecule has 1 rings (SSSR count). The minimum Gasteiger partial charge on any atom is -0.383 e. The molecule has 0 aromatic carbocycles. The van der Waals surface area contributed by atoms with Gasteiger partial charge in [-0.3, -0.25) is 10.1 Å². The van der Waals surface area contributed by atoms with Crippen LogP contribution in [0.1, 0.15) is 0 Å². The van der Waals surface area contributed by atoms with Gasteiger partial charge in [0.25, 0.3) is 5.69 Å². The summed E-state index contributed by atoms with van der Waals surface area (Å²) in [6.45, 7) is 2.83. The molecule has 1 aromatic heterocycles. The molecule has 0 spiro atoms. The molecule has 0 atom stereocenters. The van der Waals surface area contributed by atoms with Crippen LogP contribution in [0.25, 0.3) is 0 Å². The molecule has 0 saturated carbocycles. The minimum absolute atomic E-state index is 0.0369. The number of ether oxygens (including phenoxy) is 1. The predicted molar refractivity (Wildman–Crippen MR) is 64.1 cm³/mol. The first-order valence-corrected chi connectivity index (χ1v) is 5.28. The lowest BCUT2D eigenvalue weighted by Crippen LogP contribution is -2.25. The molecule has 7 nitrogen and oxygen atoms in total. The van der Waals surface area contributed by atoms with E-state index in [4.69, 9.17) is 4.74 Å². The Kier molecular flexibility index (Phi) is 5.91. The summed E-state index contributed by atoms with van der Waals surface area (Å²) in [6, 6.07) is 2.77. The van der Waals surface area contributed by atoms with E-state index >= 15 is 0 Å². The van der Waals surface area contributed by atoms with E-state index in [9.17, 15) is 10.1 Å². The molecule has 17 heavy (non-hydrogen) atoms. The Bertz CT molecular complexity index is 359. The van der Waals surface area contributed by atoms with Gasteiger partial charge in [-0.05, 0) is 0 Å². The minimum atomic E-state index is -0.441. The number of methoxy groups -OCH3 is 1. The van der Waals surface area contributed by atoms with Gasteiger partial charge >= 0.3 is 0 Å². The SMILES string of the molecule is COCCNCCNc1cc([N+](=O)[O-])ccn1. The standard InChI is InChI=1S/C10H16N4O3/c1-17-7-6-11-4-5-13-10-8-9(14(15)16)2-3-12-10/h2-3,8,11H,4-7H2,1H3,(H,12,13). The first kappa shape index (κ1) is 13.3. The number of rotatable bonds is 8. The predicted octanol–water partition coefficient (Wildman–Crippen LogP) is 0.638. The topological polar surface area (TPSA) is 89.3 Å². The van der Waals surface area contributed by atoms with E-state index in [1.807, 2.05) is 0 Å². The molecule has 0 aliphatic rings. The number of nitrogens with one attached hydrogen (secondary N) is 2. The fourth-order valence-electron chi connectivity index (χ4n) is 1.21. The van der Waals surface area contributed by atoms with Crippen LogP contribution in [0.5, 0.6) is 0 Å². The summed E-state index contributed by atoms with van der Waals surface area (Å²) >= 11 is 0. The number of anilines is 1. The van der Waals surface area contributed by atoms with Crippen LogP contribution in [0.4, 0.5) is 11.5 Å². The summed E-state index contributed by atoms with van der Waals surface area (Å²) < 4.78 is 4.88. The van der Waals surface area contributed by atoms with Gasteiger partial charge in [-0.2, -0.15) is 0 Å². The molecule has 0 unspecified atom stereocenters. The van der Waals surface area contributed by atoms with E-state index in [1.165, 1.54) is 18.3 Å². The molecule has 0 amide bonds. The third kappa shape index (κ3) is 5.23. The Morgan fingerprint density at radius 3 is 3.00 bits per heavy atom. The number of nitrogens with zero attached hydrogens (tertiary/aromatic N) is 2. The van der Waals surface area contributed by atoms with Crippen molar-refractivity contribution in [1.29, 1.82) is 0 Å². The highest BCUT2D eigenvalue weighted by atomic mass is 16.6. The molecule has 0 fully saturated rings. The van der Waals surface area contributed by atoms with Gasteiger partial charge in [0.2, 0.25) is 0 Å². The zero-order chi connectivity index (χ0) is 12.5.